The van der Waals surface area contributed by atoms with Gasteiger partial charge in [0.05, 0.1) is 43.1 Å². The van der Waals surface area contributed by atoms with Crippen molar-refractivity contribution in [3.8, 4) is 12.1 Å². The number of carbonyl (C=O) groups excluding carboxylic acids is 1. The molecule has 5 rings (SSSR count). The number of nitriles is 2. The van der Waals surface area contributed by atoms with E-state index in [1.165, 1.54) is 0 Å². The number of phosphoric ester groups is 1. The first-order valence-corrected chi connectivity index (χ1v) is 16.3. The maximum atomic E-state index is 14.1. The molecule has 1 aliphatic rings. The summed E-state index contributed by atoms with van der Waals surface area (Å²) in [6.45, 7) is -1.17. The monoisotopic (exact) mass is 666 g/mol. The molecule has 0 bridgehead atoms. The van der Waals surface area contributed by atoms with E-state index >= 15 is 0 Å². The average molecular weight is 667 g/mol. The van der Waals surface area contributed by atoms with Crippen molar-refractivity contribution in [2.75, 3.05) is 6.61 Å². The second-order valence-electron chi connectivity index (χ2n) is 10.5. The van der Waals surface area contributed by atoms with Crippen LogP contribution in [0.15, 0.2) is 121 Å². The third-order valence-corrected chi connectivity index (χ3v) is 8.51. The summed E-state index contributed by atoms with van der Waals surface area (Å²) in [6, 6.07) is 35.2. The summed E-state index contributed by atoms with van der Waals surface area (Å²) < 4.78 is 48.9. The molecule has 11 nitrogen and oxygen atoms in total. The highest BCUT2D eigenvalue weighted by molar-refractivity contribution is 7.48. The number of phosphoric acid groups is 1. The van der Waals surface area contributed by atoms with E-state index in [1.807, 2.05) is 24.3 Å². The number of aliphatic hydroxyl groups excluding tert-OH is 1. The molecule has 4 aromatic rings. The van der Waals surface area contributed by atoms with Crippen LogP contribution in [-0.2, 0) is 63.6 Å². The van der Waals surface area contributed by atoms with E-state index in [1.54, 1.807) is 97.1 Å². The molecule has 4 aromatic carbocycles. The lowest BCUT2D eigenvalue weighted by atomic mass is 10.1. The molecule has 1 aliphatic heterocycles. The van der Waals surface area contributed by atoms with Gasteiger partial charge in [0.25, 0.3) is 0 Å². The molecule has 1 heterocycles. The second kappa shape index (κ2) is 16.5. The molecule has 0 aliphatic carbocycles. The minimum Gasteiger partial charge on any atom is -0.485 e. The Morgan fingerprint density at radius 1 is 0.688 bits per heavy atom. The number of ether oxygens (including phenoxy) is 3. The van der Waals surface area contributed by atoms with Gasteiger partial charge in [0.1, 0.15) is 19.3 Å². The number of aliphatic hydroxyl groups is 1. The molecule has 1 N–H and O–H groups in total. The Labute approximate surface area is 277 Å². The van der Waals surface area contributed by atoms with Crippen LogP contribution in [-0.4, -0.2) is 29.9 Å². The van der Waals surface area contributed by atoms with Gasteiger partial charge in [0.2, 0.25) is 5.76 Å². The number of benzene rings is 4. The van der Waals surface area contributed by atoms with Crippen LogP contribution < -0.4 is 0 Å². The Morgan fingerprint density at radius 2 is 1.15 bits per heavy atom. The third-order valence-electron chi connectivity index (χ3n) is 7.09. The lowest BCUT2D eigenvalue weighted by Gasteiger charge is -2.27. The molecular formula is C36H31N2O9P. The van der Waals surface area contributed by atoms with E-state index in [0.29, 0.717) is 33.4 Å². The van der Waals surface area contributed by atoms with Crippen molar-refractivity contribution in [3.63, 3.8) is 0 Å². The molecule has 0 amide bonds. The minimum absolute atomic E-state index is 0.0667. The van der Waals surface area contributed by atoms with Gasteiger partial charge in [-0.25, -0.2) is 9.36 Å². The van der Waals surface area contributed by atoms with Gasteiger partial charge in [0, 0.05) is 0 Å². The fourth-order valence-electron chi connectivity index (χ4n) is 4.55. The summed E-state index contributed by atoms with van der Waals surface area (Å²) in [5, 5.41) is 28.7. The molecule has 2 atom stereocenters. The zero-order valence-electron chi connectivity index (χ0n) is 25.6. The molecule has 0 aromatic heterocycles. The zero-order chi connectivity index (χ0) is 33.8. The largest absolute Gasteiger partial charge is 0.485 e. The number of hydrogen-bond donors (Lipinski definition) is 1. The highest BCUT2D eigenvalue weighted by Crippen LogP contribution is 2.53. The molecule has 48 heavy (non-hydrogen) atoms. The summed E-state index contributed by atoms with van der Waals surface area (Å²) >= 11 is 0. The number of hydrogen-bond acceptors (Lipinski definition) is 11. The van der Waals surface area contributed by atoms with Crippen LogP contribution in [0.1, 0.15) is 33.4 Å². The van der Waals surface area contributed by atoms with Crippen LogP contribution in [0.4, 0.5) is 0 Å². The molecule has 0 fully saturated rings. The second-order valence-corrected chi connectivity index (χ2v) is 12.1. The average Bonchev–Trinajstić information content (AvgIpc) is 3.45. The van der Waals surface area contributed by atoms with Gasteiger partial charge in [-0.05, 0) is 46.5 Å². The summed E-state index contributed by atoms with van der Waals surface area (Å²) in [6.07, 6.45) is -2.86. The first-order chi connectivity index (χ1) is 23.4. The fourth-order valence-corrected chi connectivity index (χ4v) is 5.87. The summed E-state index contributed by atoms with van der Waals surface area (Å²) in [7, 11) is -4.43. The Hall–Kier alpha value is -5.26. The summed E-state index contributed by atoms with van der Waals surface area (Å²) in [4.78, 5) is 13.2. The van der Waals surface area contributed by atoms with E-state index < -0.39 is 32.6 Å². The zero-order valence-corrected chi connectivity index (χ0v) is 26.5. The molecule has 0 saturated carbocycles. The van der Waals surface area contributed by atoms with E-state index in [9.17, 15) is 14.5 Å². The maximum Gasteiger partial charge on any atom is 0.475 e. The molecule has 244 valence electrons. The van der Waals surface area contributed by atoms with Crippen molar-refractivity contribution in [1.29, 1.82) is 10.5 Å². The smallest absolute Gasteiger partial charge is 0.475 e. The number of rotatable bonds is 16. The standard InChI is InChI=1S/C36H31N2O9P/c37-19-26-11-15-30(16-12-26)22-42-34-33(46-36(40)35(34)43-23-31-17-13-27(20-38)14-18-31)32(21-39)47-48(41,44-24-28-7-3-1-4-8-28)45-25-29-9-5-2-6-10-29/h1-18,32-33,39H,21-25H2/t32-,33+/m0/s1. The lowest BCUT2D eigenvalue weighted by Crippen LogP contribution is -2.35. The van der Waals surface area contributed by atoms with Crippen molar-refractivity contribution >= 4 is 13.8 Å². The van der Waals surface area contributed by atoms with E-state index in [-0.39, 0.29) is 37.9 Å². The molecule has 0 saturated heterocycles. The first kappa shape index (κ1) is 34.1. The minimum atomic E-state index is -4.43. The maximum absolute atomic E-state index is 14.1. The van der Waals surface area contributed by atoms with Crippen LogP contribution >= 0.6 is 7.82 Å². The molecule has 0 radical (unpaired) electrons. The molecular weight excluding hydrogens is 635 g/mol. The first-order valence-electron chi connectivity index (χ1n) is 14.8. The van der Waals surface area contributed by atoms with Crippen molar-refractivity contribution in [1.82, 2.24) is 0 Å². The van der Waals surface area contributed by atoms with Crippen LogP contribution in [0.2, 0.25) is 0 Å². The van der Waals surface area contributed by atoms with Crippen molar-refractivity contribution in [2.45, 2.75) is 38.6 Å². The quantitative estimate of drug-likeness (QED) is 0.107. The van der Waals surface area contributed by atoms with Gasteiger partial charge in [-0.2, -0.15) is 10.5 Å². The Balaban J connectivity index is 1.40. The van der Waals surface area contributed by atoms with Gasteiger partial charge in [0.15, 0.2) is 11.9 Å². The number of esters is 1. The van der Waals surface area contributed by atoms with Gasteiger partial charge in [-0.1, -0.05) is 84.9 Å². The highest BCUT2D eigenvalue weighted by atomic mass is 31.2. The van der Waals surface area contributed by atoms with Crippen molar-refractivity contribution in [2.24, 2.45) is 0 Å². The highest BCUT2D eigenvalue weighted by Gasteiger charge is 2.46. The van der Waals surface area contributed by atoms with Gasteiger partial charge in [-0.3, -0.25) is 13.6 Å². The molecule has 0 unspecified atom stereocenters. The lowest BCUT2D eigenvalue weighted by molar-refractivity contribution is -0.148. The number of carbonyl (C=O) groups is 1. The van der Waals surface area contributed by atoms with Crippen LogP contribution in [0.25, 0.3) is 0 Å². The normalized spacial score (nSPS) is 14.9. The van der Waals surface area contributed by atoms with Crippen LogP contribution in [0.3, 0.4) is 0 Å². The topological polar surface area (TPSA) is 157 Å². The predicted molar refractivity (Wildman–Crippen MR) is 171 cm³/mol. The van der Waals surface area contributed by atoms with Crippen LogP contribution in [0.5, 0.6) is 0 Å². The van der Waals surface area contributed by atoms with E-state index in [4.69, 9.17) is 38.3 Å². The Bertz CT molecular complexity index is 1790. The van der Waals surface area contributed by atoms with Gasteiger partial charge >= 0.3 is 13.8 Å². The van der Waals surface area contributed by atoms with E-state index in [0.717, 1.165) is 0 Å². The SMILES string of the molecule is N#Cc1ccc(COC2=C(OCc3ccc(C#N)cc3)[C@@H]([C@H](CO)OP(=O)(OCc3ccccc3)OCc3ccccc3)OC2=O)cc1. The summed E-state index contributed by atoms with van der Waals surface area (Å²) in [5.74, 6) is -1.27. The van der Waals surface area contributed by atoms with Crippen molar-refractivity contribution in [3.05, 3.63) is 154 Å². The third kappa shape index (κ3) is 9.18. The predicted octanol–water partition coefficient (Wildman–Crippen LogP) is 6.22. The Morgan fingerprint density at radius 3 is 1.60 bits per heavy atom. The van der Waals surface area contributed by atoms with Crippen molar-refractivity contribution < 1.29 is 42.2 Å². The van der Waals surface area contributed by atoms with Gasteiger partial charge < -0.3 is 19.3 Å². The molecule has 0 spiro atoms. The Kier molecular flexibility index (Phi) is 11.7. The van der Waals surface area contributed by atoms with Gasteiger partial charge in [-0.15, -0.1) is 0 Å². The number of nitrogens with zero attached hydrogens (tertiary/aromatic N) is 2. The van der Waals surface area contributed by atoms with E-state index in [2.05, 4.69) is 0 Å². The molecule has 12 heteroatoms. The number of cyclic esters (lactones) is 1. The fraction of sp³-hybridized carbons (Fsp3) is 0.194. The summed E-state index contributed by atoms with van der Waals surface area (Å²) in [5.41, 5.74) is 3.63. The van der Waals surface area contributed by atoms with Crippen LogP contribution in [0, 0.1) is 22.7 Å².